The number of amides is 1. The van der Waals surface area contributed by atoms with Gasteiger partial charge in [0.2, 0.25) is 15.9 Å². The molecular weight excluding hydrogens is 260 g/mol. The van der Waals surface area contributed by atoms with Crippen molar-refractivity contribution in [2.24, 2.45) is 16.8 Å². The van der Waals surface area contributed by atoms with E-state index in [0.29, 0.717) is 13.0 Å². The molecule has 0 aromatic carbocycles. The lowest BCUT2D eigenvalue weighted by molar-refractivity contribution is -0.123. The zero-order valence-corrected chi connectivity index (χ0v) is 11.3. The highest BCUT2D eigenvalue weighted by Crippen LogP contribution is 2.02. The maximum atomic E-state index is 11.6. The number of nitrogens with zero attached hydrogens (tertiary/aromatic N) is 1. The number of oxime groups is 1. The van der Waals surface area contributed by atoms with Gasteiger partial charge in [-0.2, -0.15) is 0 Å². The lowest BCUT2D eigenvalue weighted by Crippen LogP contribution is -2.41. The topological polar surface area (TPSA) is 134 Å². The van der Waals surface area contributed by atoms with E-state index in [1.54, 1.807) is 13.8 Å². The summed E-state index contributed by atoms with van der Waals surface area (Å²) >= 11 is 0. The van der Waals surface area contributed by atoms with Crippen LogP contribution in [0.2, 0.25) is 0 Å². The van der Waals surface area contributed by atoms with Gasteiger partial charge in [0.05, 0.1) is 11.7 Å². The predicted molar refractivity (Wildman–Crippen MR) is 67.7 cm³/mol. The molecule has 0 aliphatic rings. The number of carbonyl (C=O) groups excluding carboxylic acids is 1. The average molecular weight is 280 g/mol. The minimum Gasteiger partial charge on any atom is -0.409 e. The molecule has 0 aromatic heterocycles. The van der Waals surface area contributed by atoms with Crippen molar-refractivity contribution in [3.8, 4) is 0 Å². The molecule has 0 aliphatic heterocycles. The number of nitrogens with two attached hydrogens (primary N) is 1. The van der Waals surface area contributed by atoms with Crippen LogP contribution in [-0.4, -0.2) is 44.2 Å². The highest BCUT2D eigenvalue weighted by molar-refractivity contribution is 7.89. The number of hydrogen-bond donors (Lipinski definition) is 4. The zero-order valence-electron chi connectivity index (χ0n) is 10.5. The maximum Gasteiger partial charge on any atom is 0.230 e. The second-order valence-electron chi connectivity index (χ2n) is 3.59. The third-order valence-electron chi connectivity index (χ3n) is 2.23. The maximum absolute atomic E-state index is 11.6. The summed E-state index contributed by atoms with van der Waals surface area (Å²) in [6, 6.07) is 0. The SMILES string of the molecule is CCNS(=O)(=O)CCNC(=O)C(CC)C(N)=NO. The summed E-state index contributed by atoms with van der Waals surface area (Å²) in [5.41, 5.74) is 5.34. The van der Waals surface area contributed by atoms with Crippen molar-refractivity contribution < 1.29 is 18.4 Å². The Bertz CT molecular complexity index is 393. The smallest absolute Gasteiger partial charge is 0.230 e. The molecule has 0 aromatic rings. The van der Waals surface area contributed by atoms with Crippen LogP contribution in [0.25, 0.3) is 0 Å². The summed E-state index contributed by atoms with van der Waals surface area (Å²) in [7, 11) is -3.36. The van der Waals surface area contributed by atoms with E-state index in [1.807, 2.05) is 0 Å². The molecule has 1 amide bonds. The van der Waals surface area contributed by atoms with Crippen molar-refractivity contribution in [2.45, 2.75) is 20.3 Å². The van der Waals surface area contributed by atoms with Crippen LogP contribution in [0, 0.1) is 5.92 Å². The Morgan fingerprint density at radius 1 is 1.44 bits per heavy atom. The van der Waals surface area contributed by atoms with Crippen molar-refractivity contribution in [1.29, 1.82) is 0 Å². The number of amidine groups is 1. The fraction of sp³-hybridized carbons (Fsp3) is 0.778. The van der Waals surface area contributed by atoms with E-state index in [4.69, 9.17) is 10.9 Å². The molecule has 0 spiro atoms. The van der Waals surface area contributed by atoms with Gasteiger partial charge in [-0.05, 0) is 6.42 Å². The van der Waals surface area contributed by atoms with Gasteiger partial charge in [-0.3, -0.25) is 4.79 Å². The van der Waals surface area contributed by atoms with E-state index in [1.165, 1.54) is 0 Å². The molecule has 0 aliphatic carbocycles. The second-order valence-corrected chi connectivity index (χ2v) is 5.52. The number of hydrogen-bond acceptors (Lipinski definition) is 5. The van der Waals surface area contributed by atoms with Crippen molar-refractivity contribution in [1.82, 2.24) is 10.0 Å². The molecule has 106 valence electrons. The molecule has 1 atom stereocenters. The number of sulfonamides is 1. The Morgan fingerprint density at radius 3 is 2.50 bits per heavy atom. The van der Waals surface area contributed by atoms with Crippen LogP contribution < -0.4 is 15.8 Å². The van der Waals surface area contributed by atoms with E-state index < -0.39 is 21.8 Å². The van der Waals surface area contributed by atoms with Gasteiger partial charge in [-0.15, -0.1) is 0 Å². The number of nitrogens with one attached hydrogen (secondary N) is 2. The molecule has 0 saturated heterocycles. The van der Waals surface area contributed by atoms with E-state index in [-0.39, 0.29) is 18.1 Å². The van der Waals surface area contributed by atoms with Crippen LogP contribution in [0.15, 0.2) is 5.16 Å². The fourth-order valence-electron chi connectivity index (χ4n) is 1.32. The highest BCUT2D eigenvalue weighted by Gasteiger charge is 2.21. The molecule has 1 unspecified atom stereocenters. The largest absolute Gasteiger partial charge is 0.409 e. The normalized spacial score (nSPS) is 14.2. The van der Waals surface area contributed by atoms with E-state index in [2.05, 4.69) is 15.2 Å². The Hall–Kier alpha value is -1.35. The molecule has 5 N–H and O–H groups in total. The third-order valence-corrected chi connectivity index (χ3v) is 3.70. The summed E-state index contributed by atoms with van der Waals surface area (Å²) in [5, 5.41) is 13.7. The van der Waals surface area contributed by atoms with Gasteiger partial charge >= 0.3 is 0 Å². The van der Waals surface area contributed by atoms with Crippen molar-refractivity contribution in [2.75, 3.05) is 18.8 Å². The third kappa shape index (κ3) is 5.82. The molecule has 0 rings (SSSR count). The fourth-order valence-corrected chi connectivity index (χ4v) is 2.28. The van der Waals surface area contributed by atoms with E-state index >= 15 is 0 Å². The minimum atomic E-state index is -3.36. The first kappa shape index (κ1) is 16.6. The van der Waals surface area contributed by atoms with Crippen LogP contribution >= 0.6 is 0 Å². The average Bonchev–Trinajstić information content (AvgIpc) is 2.29. The van der Waals surface area contributed by atoms with Crippen LogP contribution in [0.1, 0.15) is 20.3 Å². The summed E-state index contributed by atoms with van der Waals surface area (Å²) in [4.78, 5) is 11.6. The quantitative estimate of drug-likeness (QED) is 0.192. The standard InChI is InChI=1S/C9H20N4O4S/c1-3-7(8(10)13-15)9(14)11-5-6-18(16,17)12-4-2/h7,12,15H,3-6H2,1-2H3,(H2,10,13)(H,11,14). The molecule has 8 nitrogen and oxygen atoms in total. The molecule has 0 saturated carbocycles. The number of rotatable bonds is 8. The summed E-state index contributed by atoms with van der Waals surface area (Å²) in [5.74, 6) is -1.61. The predicted octanol–water partition coefficient (Wildman–Crippen LogP) is -1.19. The van der Waals surface area contributed by atoms with E-state index in [9.17, 15) is 13.2 Å². The van der Waals surface area contributed by atoms with Crippen molar-refractivity contribution >= 4 is 21.8 Å². The van der Waals surface area contributed by atoms with Crippen LogP contribution in [-0.2, 0) is 14.8 Å². The molecular formula is C9H20N4O4S. The Kier molecular flexibility index (Phi) is 7.29. The monoisotopic (exact) mass is 280 g/mol. The first-order valence-corrected chi connectivity index (χ1v) is 7.25. The lowest BCUT2D eigenvalue weighted by Gasteiger charge is -2.13. The zero-order chi connectivity index (χ0) is 14.2. The molecule has 0 heterocycles. The Balaban J connectivity index is 4.26. The first-order chi connectivity index (χ1) is 8.37. The van der Waals surface area contributed by atoms with Gasteiger partial charge in [0.25, 0.3) is 0 Å². The highest BCUT2D eigenvalue weighted by atomic mass is 32.2. The lowest BCUT2D eigenvalue weighted by atomic mass is 10.1. The van der Waals surface area contributed by atoms with Crippen molar-refractivity contribution in [3.63, 3.8) is 0 Å². The Morgan fingerprint density at radius 2 is 2.06 bits per heavy atom. The summed E-state index contributed by atoms with van der Waals surface area (Å²) in [6.45, 7) is 3.65. The van der Waals surface area contributed by atoms with Gasteiger partial charge in [-0.1, -0.05) is 19.0 Å². The second kappa shape index (κ2) is 7.88. The van der Waals surface area contributed by atoms with Crippen LogP contribution in [0.3, 0.4) is 0 Å². The van der Waals surface area contributed by atoms with Crippen LogP contribution in [0.4, 0.5) is 0 Å². The molecule has 0 fully saturated rings. The molecule has 9 heteroatoms. The van der Waals surface area contributed by atoms with Gasteiger partial charge in [0, 0.05) is 13.1 Å². The van der Waals surface area contributed by atoms with Gasteiger partial charge in [0.15, 0.2) is 5.84 Å². The van der Waals surface area contributed by atoms with E-state index in [0.717, 1.165) is 0 Å². The molecule has 18 heavy (non-hydrogen) atoms. The van der Waals surface area contributed by atoms with Gasteiger partial charge in [0.1, 0.15) is 0 Å². The summed E-state index contributed by atoms with van der Waals surface area (Å²) in [6.07, 6.45) is 0.363. The molecule has 0 bridgehead atoms. The summed E-state index contributed by atoms with van der Waals surface area (Å²) < 4.78 is 24.9. The number of carbonyl (C=O) groups is 1. The van der Waals surface area contributed by atoms with Gasteiger partial charge < -0.3 is 16.3 Å². The minimum absolute atomic E-state index is 0.0244. The Labute approximate surface area is 107 Å². The van der Waals surface area contributed by atoms with Gasteiger partial charge in [-0.25, -0.2) is 13.1 Å². The van der Waals surface area contributed by atoms with Crippen LogP contribution in [0.5, 0.6) is 0 Å². The molecule has 0 radical (unpaired) electrons. The first-order valence-electron chi connectivity index (χ1n) is 5.60. The van der Waals surface area contributed by atoms with Crippen molar-refractivity contribution in [3.05, 3.63) is 0 Å².